The molecule has 3 aromatic rings. The number of nitrogens with one attached hydrogen (secondary N) is 1. The molecule has 0 radical (unpaired) electrons. The minimum atomic E-state index is -0.0269. The molecule has 142 valence electrons. The summed E-state index contributed by atoms with van der Waals surface area (Å²) in [6.07, 6.45) is 0.0732. The summed E-state index contributed by atoms with van der Waals surface area (Å²) < 4.78 is 13.2. The highest BCUT2D eigenvalue weighted by molar-refractivity contribution is 5.84. The second kappa shape index (κ2) is 8.16. The van der Waals surface area contributed by atoms with Crippen LogP contribution in [0.25, 0.3) is 10.9 Å². The molecule has 0 aliphatic rings. The number of amides is 1. The van der Waals surface area contributed by atoms with Crippen LogP contribution in [0.2, 0.25) is 0 Å². The van der Waals surface area contributed by atoms with Gasteiger partial charge in [0, 0.05) is 17.8 Å². The van der Waals surface area contributed by atoms with Gasteiger partial charge in [0.2, 0.25) is 5.91 Å². The Labute approximate surface area is 159 Å². The Morgan fingerprint density at radius 1 is 1.11 bits per heavy atom. The molecule has 2 aromatic carbocycles. The quantitative estimate of drug-likeness (QED) is 0.686. The molecule has 0 aliphatic heterocycles. The normalized spacial score (nSPS) is 11.0. The van der Waals surface area contributed by atoms with Gasteiger partial charge in [-0.15, -0.1) is 0 Å². The minimum absolute atomic E-state index is 0.0269. The third-order valence-corrected chi connectivity index (χ3v) is 4.40. The molecule has 0 aliphatic carbocycles. The fourth-order valence-electron chi connectivity index (χ4n) is 3.13. The second-order valence-electron chi connectivity index (χ2n) is 6.86. The minimum Gasteiger partial charge on any atom is -0.493 e. The van der Waals surface area contributed by atoms with E-state index in [1.165, 1.54) is 0 Å². The maximum Gasteiger partial charge on any atom is 0.240 e. The van der Waals surface area contributed by atoms with Crippen LogP contribution in [0, 0.1) is 6.92 Å². The lowest BCUT2D eigenvalue weighted by Gasteiger charge is -2.15. The van der Waals surface area contributed by atoms with Crippen molar-refractivity contribution in [2.75, 3.05) is 7.11 Å². The van der Waals surface area contributed by atoms with E-state index in [0.717, 1.165) is 22.2 Å². The summed E-state index contributed by atoms with van der Waals surface area (Å²) >= 11 is 0. The van der Waals surface area contributed by atoms with Gasteiger partial charge < -0.3 is 19.4 Å². The Kier molecular flexibility index (Phi) is 5.69. The predicted molar refractivity (Wildman–Crippen MR) is 107 cm³/mol. The fraction of sp³-hybridized carbons (Fsp3) is 0.318. The van der Waals surface area contributed by atoms with Crippen molar-refractivity contribution < 1.29 is 14.3 Å². The second-order valence-corrected chi connectivity index (χ2v) is 6.86. The number of benzene rings is 2. The van der Waals surface area contributed by atoms with Crippen molar-refractivity contribution in [1.82, 2.24) is 9.88 Å². The number of aryl methyl sites for hydroxylation is 1. The van der Waals surface area contributed by atoms with Crippen molar-refractivity contribution in [3.8, 4) is 11.5 Å². The smallest absolute Gasteiger partial charge is 0.240 e. The highest BCUT2D eigenvalue weighted by Gasteiger charge is 2.11. The van der Waals surface area contributed by atoms with Gasteiger partial charge in [0.25, 0.3) is 0 Å². The summed E-state index contributed by atoms with van der Waals surface area (Å²) in [5.41, 5.74) is 3.11. The van der Waals surface area contributed by atoms with Crippen LogP contribution in [0.5, 0.6) is 11.5 Å². The monoisotopic (exact) mass is 366 g/mol. The molecule has 1 heterocycles. The third kappa shape index (κ3) is 4.42. The van der Waals surface area contributed by atoms with Crippen LogP contribution in [0.3, 0.4) is 0 Å². The molecule has 0 fully saturated rings. The number of carbonyl (C=O) groups excluding carboxylic acids is 1. The van der Waals surface area contributed by atoms with Crippen LogP contribution in [0.15, 0.2) is 48.5 Å². The zero-order valence-corrected chi connectivity index (χ0v) is 16.3. The molecule has 0 unspecified atom stereocenters. The zero-order chi connectivity index (χ0) is 19.4. The van der Waals surface area contributed by atoms with Crippen molar-refractivity contribution in [2.45, 2.75) is 40.0 Å². The van der Waals surface area contributed by atoms with E-state index in [2.05, 4.69) is 17.4 Å². The highest BCUT2D eigenvalue weighted by atomic mass is 16.5. The first-order valence-corrected chi connectivity index (χ1v) is 9.13. The van der Waals surface area contributed by atoms with Gasteiger partial charge in [0.1, 0.15) is 6.54 Å². The third-order valence-electron chi connectivity index (χ3n) is 4.40. The van der Waals surface area contributed by atoms with E-state index in [9.17, 15) is 4.79 Å². The molecule has 0 saturated heterocycles. The molecule has 0 bridgehead atoms. The molecule has 0 spiro atoms. The Hall–Kier alpha value is -2.95. The molecule has 5 nitrogen and oxygen atoms in total. The van der Waals surface area contributed by atoms with E-state index in [0.29, 0.717) is 24.6 Å². The van der Waals surface area contributed by atoms with Crippen LogP contribution < -0.4 is 14.8 Å². The van der Waals surface area contributed by atoms with Gasteiger partial charge in [-0.05, 0) is 56.0 Å². The number of para-hydroxylation sites is 1. The number of hydrogen-bond donors (Lipinski definition) is 1. The Balaban J connectivity index is 1.66. The summed E-state index contributed by atoms with van der Waals surface area (Å²) in [5.74, 6) is 1.35. The van der Waals surface area contributed by atoms with E-state index in [1.54, 1.807) is 7.11 Å². The number of fused-ring (bicyclic) bond motifs is 1. The zero-order valence-electron chi connectivity index (χ0n) is 16.3. The number of rotatable bonds is 7. The molecule has 3 rings (SSSR count). The Bertz CT molecular complexity index is 944. The lowest BCUT2D eigenvalue weighted by atomic mass is 10.2. The summed E-state index contributed by atoms with van der Waals surface area (Å²) in [5, 5.41) is 4.13. The molecular weight excluding hydrogens is 340 g/mol. The average Bonchev–Trinajstić information content (AvgIpc) is 2.96. The van der Waals surface area contributed by atoms with Crippen molar-refractivity contribution in [1.29, 1.82) is 0 Å². The van der Waals surface area contributed by atoms with E-state index < -0.39 is 0 Å². The largest absolute Gasteiger partial charge is 0.493 e. The van der Waals surface area contributed by atoms with Crippen LogP contribution in [-0.4, -0.2) is 23.7 Å². The van der Waals surface area contributed by atoms with Crippen molar-refractivity contribution in [2.24, 2.45) is 0 Å². The van der Waals surface area contributed by atoms with Crippen LogP contribution in [-0.2, 0) is 17.9 Å². The summed E-state index contributed by atoms with van der Waals surface area (Å²) in [7, 11) is 1.62. The maximum absolute atomic E-state index is 12.5. The van der Waals surface area contributed by atoms with Gasteiger partial charge in [-0.1, -0.05) is 24.3 Å². The molecule has 1 aromatic heterocycles. The molecule has 0 saturated carbocycles. The molecule has 1 N–H and O–H groups in total. The van der Waals surface area contributed by atoms with E-state index in [1.807, 2.05) is 61.7 Å². The first-order valence-electron chi connectivity index (χ1n) is 9.13. The molecule has 27 heavy (non-hydrogen) atoms. The number of ether oxygens (including phenoxy) is 2. The van der Waals surface area contributed by atoms with Gasteiger partial charge in [-0.2, -0.15) is 0 Å². The van der Waals surface area contributed by atoms with Gasteiger partial charge in [0.05, 0.1) is 13.2 Å². The number of aromatic nitrogens is 1. The van der Waals surface area contributed by atoms with Crippen molar-refractivity contribution in [3.63, 3.8) is 0 Å². The topological polar surface area (TPSA) is 52.5 Å². The van der Waals surface area contributed by atoms with Crippen molar-refractivity contribution in [3.05, 3.63) is 59.8 Å². The molecule has 1 amide bonds. The number of carbonyl (C=O) groups is 1. The maximum atomic E-state index is 12.5. The van der Waals surface area contributed by atoms with Gasteiger partial charge in [-0.25, -0.2) is 0 Å². The van der Waals surface area contributed by atoms with Crippen LogP contribution in [0.1, 0.15) is 25.1 Å². The first-order chi connectivity index (χ1) is 13.0. The number of hydrogen-bond acceptors (Lipinski definition) is 3. The van der Waals surface area contributed by atoms with Crippen molar-refractivity contribution >= 4 is 16.8 Å². The SMILES string of the molecule is COc1cc(CNC(=O)Cn2c(C)cc3ccccc32)ccc1OC(C)C. The number of nitrogens with zero attached hydrogens (tertiary/aromatic N) is 1. The lowest BCUT2D eigenvalue weighted by molar-refractivity contribution is -0.121. The average molecular weight is 366 g/mol. The van der Waals surface area contributed by atoms with Gasteiger partial charge in [-0.3, -0.25) is 4.79 Å². The number of methoxy groups -OCH3 is 1. The standard InChI is InChI=1S/C22H26N2O3/c1-15(2)27-20-10-9-17(12-21(20)26-4)13-23-22(25)14-24-16(3)11-18-7-5-6-8-19(18)24/h5-12,15H,13-14H2,1-4H3,(H,23,25). The van der Waals surface area contributed by atoms with Crippen LogP contribution >= 0.6 is 0 Å². The van der Waals surface area contributed by atoms with E-state index in [4.69, 9.17) is 9.47 Å². The van der Waals surface area contributed by atoms with Gasteiger partial charge in [0.15, 0.2) is 11.5 Å². The summed E-state index contributed by atoms with van der Waals surface area (Å²) in [4.78, 5) is 12.5. The Morgan fingerprint density at radius 3 is 2.63 bits per heavy atom. The lowest BCUT2D eigenvalue weighted by Crippen LogP contribution is -2.27. The molecular formula is C22H26N2O3. The highest BCUT2D eigenvalue weighted by Crippen LogP contribution is 2.29. The summed E-state index contributed by atoms with van der Waals surface area (Å²) in [6, 6.07) is 15.9. The molecule has 5 heteroatoms. The summed E-state index contributed by atoms with van der Waals surface area (Å²) in [6.45, 7) is 6.70. The Morgan fingerprint density at radius 2 is 1.89 bits per heavy atom. The predicted octanol–water partition coefficient (Wildman–Crippen LogP) is 4.06. The fourth-order valence-corrected chi connectivity index (χ4v) is 3.13. The van der Waals surface area contributed by atoms with Gasteiger partial charge >= 0.3 is 0 Å². The van der Waals surface area contributed by atoms with E-state index >= 15 is 0 Å². The first kappa shape index (κ1) is 18.8. The van der Waals surface area contributed by atoms with E-state index in [-0.39, 0.29) is 12.0 Å². The molecule has 0 atom stereocenters. The van der Waals surface area contributed by atoms with Crippen LogP contribution in [0.4, 0.5) is 0 Å².